The third-order valence-electron chi connectivity index (χ3n) is 3.78. The van der Waals surface area contributed by atoms with E-state index in [1.54, 1.807) is 0 Å². The zero-order valence-corrected chi connectivity index (χ0v) is 11.9. The van der Waals surface area contributed by atoms with Crippen molar-refractivity contribution in [1.82, 2.24) is 9.78 Å². The lowest BCUT2D eigenvalue weighted by atomic mass is 9.73. The number of rotatable bonds is 3. The molecule has 4 heteroatoms. The van der Waals surface area contributed by atoms with E-state index in [0.29, 0.717) is 5.92 Å². The van der Waals surface area contributed by atoms with Crippen molar-refractivity contribution in [1.29, 1.82) is 0 Å². The van der Waals surface area contributed by atoms with Crippen molar-refractivity contribution in [2.45, 2.75) is 31.8 Å². The molecule has 3 nitrogen and oxygen atoms in total. The molecule has 2 unspecified atom stereocenters. The van der Waals surface area contributed by atoms with E-state index < -0.39 is 0 Å². The standard InChI is InChI=1S/C14H16BrN3/c1-2-18-14(12(15)8-17-18)13(16)11-7-9-5-3-4-6-10(9)11/h3-6,8,11,13H,2,7,16H2,1H3. The lowest BCUT2D eigenvalue weighted by Crippen LogP contribution is -2.30. The number of nitrogens with two attached hydrogens (primary N) is 1. The zero-order valence-electron chi connectivity index (χ0n) is 10.3. The molecule has 1 aromatic heterocycles. The van der Waals surface area contributed by atoms with Crippen LogP contribution in [-0.2, 0) is 13.0 Å². The molecule has 0 amide bonds. The van der Waals surface area contributed by atoms with Crippen LogP contribution in [0.2, 0.25) is 0 Å². The zero-order chi connectivity index (χ0) is 12.7. The molecule has 3 rings (SSSR count). The normalized spacial score (nSPS) is 19.2. The van der Waals surface area contributed by atoms with Gasteiger partial charge < -0.3 is 5.73 Å². The first kappa shape index (κ1) is 11.9. The first-order valence-electron chi connectivity index (χ1n) is 6.27. The van der Waals surface area contributed by atoms with Gasteiger partial charge in [0, 0.05) is 12.5 Å². The van der Waals surface area contributed by atoms with Gasteiger partial charge in [-0.15, -0.1) is 0 Å². The molecule has 0 bridgehead atoms. The summed E-state index contributed by atoms with van der Waals surface area (Å²) in [5, 5.41) is 4.34. The van der Waals surface area contributed by atoms with Crippen LogP contribution in [0.4, 0.5) is 0 Å². The van der Waals surface area contributed by atoms with Gasteiger partial charge in [0.25, 0.3) is 0 Å². The SMILES string of the molecule is CCn1ncc(Br)c1C(N)C1Cc2ccccc21. The smallest absolute Gasteiger partial charge is 0.0699 e. The van der Waals surface area contributed by atoms with Crippen molar-refractivity contribution in [2.24, 2.45) is 5.73 Å². The fraction of sp³-hybridized carbons (Fsp3) is 0.357. The van der Waals surface area contributed by atoms with E-state index in [0.717, 1.165) is 23.1 Å². The van der Waals surface area contributed by atoms with Crippen LogP contribution >= 0.6 is 15.9 Å². The van der Waals surface area contributed by atoms with Gasteiger partial charge in [0.05, 0.1) is 22.4 Å². The Morgan fingerprint density at radius 1 is 1.50 bits per heavy atom. The van der Waals surface area contributed by atoms with Crippen LogP contribution in [0.3, 0.4) is 0 Å². The van der Waals surface area contributed by atoms with Gasteiger partial charge in [0.15, 0.2) is 0 Å². The van der Waals surface area contributed by atoms with Gasteiger partial charge in [-0.25, -0.2) is 0 Å². The van der Waals surface area contributed by atoms with Crippen molar-refractivity contribution in [3.8, 4) is 0 Å². The van der Waals surface area contributed by atoms with Crippen molar-refractivity contribution < 1.29 is 0 Å². The second-order valence-corrected chi connectivity index (χ2v) is 5.58. The molecular formula is C14H16BrN3. The Morgan fingerprint density at radius 2 is 2.28 bits per heavy atom. The molecular weight excluding hydrogens is 290 g/mol. The molecule has 1 aliphatic carbocycles. The Morgan fingerprint density at radius 3 is 3.00 bits per heavy atom. The number of aryl methyl sites for hydroxylation is 1. The highest BCUT2D eigenvalue weighted by Crippen LogP contribution is 2.43. The molecule has 2 atom stereocenters. The number of benzene rings is 1. The van der Waals surface area contributed by atoms with Crippen LogP contribution in [0, 0.1) is 0 Å². The van der Waals surface area contributed by atoms with Crippen LogP contribution in [0.15, 0.2) is 34.9 Å². The van der Waals surface area contributed by atoms with E-state index in [4.69, 9.17) is 5.73 Å². The molecule has 0 spiro atoms. The van der Waals surface area contributed by atoms with E-state index in [-0.39, 0.29) is 6.04 Å². The minimum absolute atomic E-state index is 0.0109. The van der Waals surface area contributed by atoms with Crippen molar-refractivity contribution >= 4 is 15.9 Å². The average molecular weight is 306 g/mol. The molecule has 1 heterocycles. The Kier molecular flexibility index (Phi) is 2.99. The van der Waals surface area contributed by atoms with Crippen LogP contribution in [0.1, 0.15) is 35.7 Å². The Hall–Kier alpha value is -1.13. The number of hydrogen-bond donors (Lipinski definition) is 1. The Balaban J connectivity index is 1.93. The van der Waals surface area contributed by atoms with E-state index >= 15 is 0 Å². The van der Waals surface area contributed by atoms with Gasteiger partial charge in [-0.05, 0) is 40.4 Å². The largest absolute Gasteiger partial charge is 0.322 e. The third-order valence-corrected chi connectivity index (χ3v) is 4.39. The summed E-state index contributed by atoms with van der Waals surface area (Å²) >= 11 is 3.56. The summed E-state index contributed by atoms with van der Waals surface area (Å²) < 4.78 is 3.00. The lowest BCUT2D eigenvalue weighted by molar-refractivity contribution is 0.459. The maximum absolute atomic E-state index is 6.45. The maximum Gasteiger partial charge on any atom is 0.0699 e. The molecule has 94 valence electrons. The second-order valence-electron chi connectivity index (χ2n) is 4.73. The summed E-state index contributed by atoms with van der Waals surface area (Å²) in [5.41, 5.74) is 10.4. The molecule has 2 aromatic rings. The molecule has 1 aliphatic rings. The monoisotopic (exact) mass is 305 g/mol. The summed E-state index contributed by atoms with van der Waals surface area (Å²) in [6.07, 6.45) is 2.90. The minimum Gasteiger partial charge on any atom is -0.322 e. The molecule has 0 radical (unpaired) electrons. The third kappa shape index (κ3) is 1.71. The summed E-state index contributed by atoms with van der Waals surface area (Å²) in [6, 6.07) is 8.56. The topological polar surface area (TPSA) is 43.8 Å². The van der Waals surface area contributed by atoms with Crippen LogP contribution in [0.5, 0.6) is 0 Å². The van der Waals surface area contributed by atoms with E-state index in [1.165, 1.54) is 11.1 Å². The first-order chi connectivity index (χ1) is 8.72. The quantitative estimate of drug-likeness (QED) is 0.947. The molecule has 0 saturated heterocycles. The highest BCUT2D eigenvalue weighted by atomic mass is 79.9. The van der Waals surface area contributed by atoms with Gasteiger partial charge in [0.1, 0.15) is 0 Å². The van der Waals surface area contributed by atoms with Crippen molar-refractivity contribution in [3.05, 3.63) is 51.8 Å². The van der Waals surface area contributed by atoms with E-state index in [2.05, 4.69) is 52.2 Å². The van der Waals surface area contributed by atoms with Crippen molar-refractivity contribution in [2.75, 3.05) is 0 Å². The Bertz CT molecular complexity index is 576. The van der Waals surface area contributed by atoms with Gasteiger partial charge in [-0.1, -0.05) is 24.3 Å². The van der Waals surface area contributed by atoms with E-state index in [1.807, 2.05) is 10.9 Å². The summed E-state index contributed by atoms with van der Waals surface area (Å²) in [4.78, 5) is 0. The molecule has 0 saturated carbocycles. The summed E-state index contributed by atoms with van der Waals surface area (Å²) in [7, 11) is 0. The number of fused-ring (bicyclic) bond motifs is 1. The second kappa shape index (κ2) is 4.52. The van der Waals surface area contributed by atoms with Gasteiger partial charge in [-0.3, -0.25) is 4.68 Å². The van der Waals surface area contributed by atoms with Crippen molar-refractivity contribution in [3.63, 3.8) is 0 Å². The number of aromatic nitrogens is 2. The first-order valence-corrected chi connectivity index (χ1v) is 7.06. The molecule has 1 aromatic carbocycles. The number of halogens is 1. The number of nitrogens with zero attached hydrogens (tertiary/aromatic N) is 2. The predicted molar refractivity (Wildman–Crippen MR) is 75.4 cm³/mol. The van der Waals surface area contributed by atoms with Gasteiger partial charge >= 0.3 is 0 Å². The molecule has 2 N–H and O–H groups in total. The predicted octanol–water partition coefficient (Wildman–Crippen LogP) is 3.01. The summed E-state index contributed by atoms with van der Waals surface area (Å²) in [5.74, 6) is 0.416. The summed E-state index contributed by atoms with van der Waals surface area (Å²) in [6.45, 7) is 2.94. The maximum atomic E-state index is 6.45. The average Bonchev–Trinajstić information content (AvgIpc) is 2.72. The highest BCUT2D eigenvalue weighted by molar-refractivity contribution is 9.10. The van der Waals surface area contributed by atoms with Gasteiger partial charge in [-0.2, -0.15) is 5.10 Å². The molecule has 0 fully saturated rings. The van der Waals surface area contributed by atoms with E-state index in [9.17, 15) is 0 Å². The Labute approximate surface area is 115 Å². The molecule has 0 aliphatic heterocycles. The van der Waals surface area contributed by atoms with Crippen LogP contribution in [-0.4, -0.2) is 9.78 Å². The fourth-order valence-electron chi connectivity index (χ4n) is 2.76. The van der Waals surface area contributed by atoms with Crippen LogP contribution < -0.4 is 5.73 Å². The number of hydrogen-bond acceptors (Lipinski definition) is 2. The highest BCUT2D eigenvalue weighted by Gasteiger charge is 2.33. The lowest BCUT2D eigenvalue weighted by Gasteiger charge is -2.35. The molecule has 18 heavy (non-hydrogen) atoms. The van der Waals surface area contributed by atoms with Gasteiger partial charge in [0.2, 0.25) is 0 Å². The van der Waals surface area contributed by atoms with Crippen LogP contribution in [0.25, 0.3) is 0 Å². The fourth-order valence-corrected chi connectivity index (χ4v) is 3.32. The minimum atomic E-state index is 0.0109.